The average molecular weight is 277 g/mol. The molecule has 4 nitrogen and oxygen atoms in total. The molecule has 0 saturated carbocycles. The average Bonchev–Trinajstić information content (AvgIpc) is 2.09. The third kappa shape index (κ3) is 4.35. The third-order valence-corrected chi connectivity index (χ3v) is 4.48. The summed E-state index contributed by atoms with van der Waals surface area (Å²) >= 11 is 0. The van der Waals surface area contributed by atoms with Crippen LogP contribution in [0.4, 0.5) is 0 Å². The fourth-order valence-electron chi connectivity index (χ4n) is 1.81. The molecule has 0 aliphatic rings. The molecule has 0 aliphatic heterocycles. The topological polar surface area (TPSA) is 66.4 Å². The van der Waals surface area contributed by atoms with Crippen molar-refractivity contribution in [3.8, 4) is 0 Å². The van der Waals surface area contributed by atoms with Crippen LogP contribution in [0.1, 0.15) is 55.4 Å². The Hall–Kier alpha value is -0.420. The van der Waals surface area contributed by atoms with E-state index in [1.807, 2.05) is 41.5 Å². The van der Waals surface area contributed by atoms with Crippen LogP contribution in [0.3, 0.4) is 0 Å². The van der Waals surface area contributed by atoms with E-state index in [4.69, 9.17) is 0 Å². The van der Waals surface area contributed by atoms with Gasteiger partial charge < -0.3 is 5.11 Å². The van der Waals surface area contributed by atoms with E-state index in [1.54, 1.807) is 13.8 Å². The lowest BCUT2D eigenvalue weighted by Crippen LogP contribution is -2.56. The Morgan fingerprint density at radius 1 is 1.06 bits per heavy atom. The third-order valence-electron chi connectivity index (χ3n) is 2.92. The predicted molar refractivity (Wildman–Crippen MR) is 75.7 cm³/mol. The zero-order chi connectivity index (χ0) is 14.9. The number of carbonyl (C=O) groups is 1. The molecule has 2 atom stereocenters. The van der Waals surface area contributed by atoms with Gasteiger partial charge in [0, 0.05) is 6.04 Å². The molecule has 18 heavy (non-hydrogen) atoms. The summed E-state index contributed by atoms with van der Waals surface area (Å²) in [6, 6.07) is -0.387. The molecule has 0 amide bonds. The summed E-state index contributed by atoms with van der Waals surface area (Å²) in [6.07, 6.45) is 0. The molecule has 0 spiro atoms. The Kier molecular flexibility index (Phi) is 5.17. The Bertz CT molecular complexity index is 337. The van der Waals surface area contributed by atoms with E-state index in [0.717, 1.165) is 0 Å². The van der Waals surface area contributed by atoms with Gasteiger partial charge in [0.05, 0.1) is 21.1 Å². The van der Waals surface area contributed by atoms with Gasteiger partial charge in [-0.15, -0.1) is 0 Å². The molecule has 0 saturated heterocycles. The number of aliphatic carboxylic acids is 1. The van der Waals surface area contributed by atoms with Crippen molar-refractivity contribution in [2.24, 2.45) is 10.8 Å². The lowest BCUT2D eigenvalue weighted by molar-refractivity contribution is -0.150. The van der Waals surface area contributed by atoms with Gasteiger partial charge in [0.15, 0.2) is 0 Å². The molecule has 108 valence electrons. The first-order chi connectivity index (χ1) is 7.70. The van der Waals surface area contributed by atoms with E-state index in [1.165, 1.54) is 0 Å². The summed E-state index contributed by atoms with van der Waals surface area (Å²) in [5.41, 5.74) is -1.29. The Morgan fingerprint density at radius 2 is 1.44 bits per heavy atom. The minimum atomic E-state index is -1.29. The first kappa shape index (κ1) is 17.6. The number of hydrogen-bond acceptors (Lipinski definition) is 2. The van der Waals surface area contributed by atoms with Crippen molar-refractivity contribution in [2.75, 3.05) is 0 Å². The van der Waals surface area contributed by atoms with Gasteiger partial charge in [0.25, 0.3) is 0 Å². The summed E-state index contributed by atoms with van der Waals surface area (Å²) in [5.74, 6) is -0.888. The summed E-state index contributed by atoms with van der Waals surface area (Å²) in [6.45, 7) is 14.8. The molecule has 0 bridgehead atoms. The van der Waals surface area contributed by atoms with E-state index >= 15 is 0 Å². The molecule has 0 radical (unpaired) electrons. The van der Waals surface area contributed by atoms with Crippen molar-refractivity contribution in [2.45, 2.75) is 66.2 Å². The van der Waals surface area contributed by atoms with Crippen LogP contribution in [0.2, 0.25) is 0 Å². The highest BCUT2D eigenvalue weighted by atomic mass is 32.2. The summed E-state index contributed by atoms with van der Waals surface area (Å²) in [5, 5.41) is 9.35. The van der Waals surface area contributed by atoms with Gasteiger partial charge in [-0.2, -0.15) is 0 Å². The molecule has 0 aromatic rings. The van der Waals surface area contributed by atoms with E-state index in [-0.39, 0.29) is 11.5 Å². The van der Waals surface area contributed by atoms with Gasteiger partial charge in [-0.25, -0.2) is 8.93 Å². The Balaban J connectivity index is 5.31. The zero-order valence-electron chi connectivity index (χ0n) is 12.7. The van der Waals surface area contributed by atoms with E-state index in [2.05, 4.69) is 4.72 Å². The van der Waals surface area contributed by atoms with Crippen LogP contribution < -0.4 is 4.72 Å². The van der Waals surface area contributed by atoms with Crippen molar-refractivity contribution >= 4 is 17.0 Å². The summed E-state index contributed by atoms with van der Waals surface area (Å²) < 4.78 is 14.8. The minimum absolute atomic E-state index is 0.303. The Morgan fingerprint density at radius 3 is 1.67 bits per heavy atom. The van der Waals surface area contributed by atoms with Gasteiger partial charge in [0.1, 0.15) is 0 Å². The summed E-state index contributed by atoms with van der Waals surface area (Å²) in [7, 11) is -1.29. The molecule has 0 fully saturated rings. The highest BCUT2D eigenvalue weighted by Gasteiger charge is 2.45. The quantitative estimate of drug-likeness (QED) is 0.830. The molecule has 2 N–H and O–H groups in total. The Labute approximate surface area is 113 Å². The van der Waals surface area contributed by atoms with Gasteiger partial charge in [0.2, 0.25) is 0 Å². The fourth-order valence-corrected chi connectivity index (χ4v) is 3.03. The highest BCUT2D eigenvalue weighted by Crippen LogP contribution is 2.35. The molecule has 5 heteroatoms. The van der Waals surface area contributed by atoms with Crippen LogP contribution in [0.25, 0.3) is 0 Å². The number of carboxylic acid groups (broad SMARTS) is 1. The largest absolute Gasteiger partial charge is 0.481 e. The second kappa shape index (κ2) is 5.29. The highest BCUT2D eigenvalue weighted by molar-refractivity contribution is 7.84. The molecule has 0 aromatic heterocycles. The van der Waals surface area contributed by atoms with Crippen LogP contribution in [0, 0.1) is 10.8 Å². The molecular weight excluding hydrogens is 250 g/mol. The SMILES string of the molecule is CC(C)(C)[C@@H](NS(=O)C(C)(C)C)C(C)(C)C(=O)O. The molecule has 0 heterocycles. The van der Waals surface area contributed by atoms with Crippen molar-refractivity contribution in [3.63, 3.8) is 0 Å². The lowest BCUT2D eigenvalue weighted by atomic mass is 9.71. The first-order valence-electron chi connectivity index (χ1n) is 6.12. The molecular formula is C13H27NO3S. The van der Waals surface area contributed by atoms with Crippen LogP contribution in [-0.4, -0.2) is 26.1 Å². The standard InChI is InChI=1S/C13H27NO3S/c1-11(2,3)9(13(7,8)10(15)16)14-18(17)12(4,5)6/h9,14H,1-8H3,(H,15,16)/t9-,18?/m1/s1. The smallest absolute Gasteiger partial charge is 0.310 e. The van der Waals surface area contributed by atoms with Crippen LogP contribution in [-0.2, 0) is 15.8 Å². The van der Waals surface area contributed by atoms with Crippen LogP contribution >= 0.6 is 0 Å². The van der Waals surface area contributed by atoms with Gasteiger partial charge in [-0.1, -0.05) is 20.8 Å². The minimum Gasteiger partial charge on any atom is -0.481 e. The van der Waals surface area contributed by atoms with Crippen molar-refractivity contribution in [3.05, 3.63) is 0 Å². The van der Waals surface area contributed by atoms with Crippen LogP contribution in [0.5, 0.6) is 0 Å². The number of nitrogens with one attached hydrogen (secondary N) is 1. The number of rotatable bonds is 4. The summed E-state index contributed by atoms with van der Waals surface area (Å²) in [4.78, 5) is 11.4. The van der Waals surface area contributed by atoms with E-state index < -0.39 is 27.1 Å². The maximum Gasteiger partial charge on any atom is 0.310 e. The van der Waals surface area contributed by atoms with Gasteiger partial charge >= 0.3 is 5.97 Å². The van der Waals surface area contributed by atoms with Gasteiger partial charge in [-0.05, 0) is 40.0 Å². The van der Waals surface area contributed by atoms with Crippen molar-refractivity contribution < 1.29 is 14.1 Å². The molecule has 1 unspecified atom stereocenters. The second-order valence-electron chi connectivity index (χ2n) is 7.32. The molecule has 0 aromatic carbocycles. The zero-order valence-corrected chi connectivity index (χ0v) is 13.6. The second-order valence-corrected chi connectivity index (χ2v) is 9.32. The lowest BCUT2D eigenvalue weighted by Gasteiger charge is -2.41. The molecule has 0 rings (SSSR count). The number of hydrogen-bond donors (Lipinski definition) is 2. The maximum atomic E-state index is 12.2. The van der Waals surface area contributed by atoms with Crippen molar-refractivity contribution in [1.82, 2.24) is 4.72 Å². The first-order valence-corrected chi connectivity index (χ1v) is 7.27. The van der Waals surface area contributed by atoms with Crippen LogP contribution in [0.15, 0.2) is 0 Å². The van der Waals surface area contributed by atoms with Gasteiger partial charge in [-0.3, -0.25) is 4.79 Å². The molecule has 0 aliphatic carbocycles. The normalized spacial score (nSPS) is 17.3. The monoisotopic (exact) mass is 277 g/mol. The predicted octanol–water partition coefficient (Wildman–Crippen LogP) is 2.56. The van der Waals surface area contributed by atoms with E-state index in [9.17, 15) is 14.1 Å². The maximum absolute atomic E-state index is 12.2. The number of carboxylic acids is 1. The van der Waals surface area contributed by atoms with Crippen molar-refractivity contribution in [1.29, 1.82) is 0 Å². The van der Waals surface area contributed by atoms with E-state index in [0.29, 0.717) is 0 Å². The fraction of sp³-hybridized carbons (Fsp3) is 0.923.